The van der Waals surface area contributed by atoms with Crippen LogP contribution in [-0.4, -0.2) is 27.4 Å². The first kappa shape index (κ1) is 16.2. The van der Waals surface area contributed by atoms with Gasteiger partial charge >= 0.3 is 13.4 Å². The summed E-state index contributed by atoms with van der Waals surface area (Å²) in [7, 11) is -3.96. The number of hydrogen-bond acceptors (Lipinski definition) is 2. The molecule has 1 heterocycles. The van der Waals surface area contributed by atoms with Crippen LogP contribution in [0, 0.1) is 13.1 Å². The van der Waals surface area contributed by atoms with E-state index in [2.05, 4.69) is 9.69 Å². The van der Waals surface area contributed by atoms with Crippen LogP contribution in [0.2, 0.25) is 0 Å². The van der Waals surface area contributed by atoms with Crippen LogP contribution in [0.5, 0.6) is 0 Å². The molecule has 0 atom stereocenters. The van der Waals surface area contributed by atoms with Gasteiger partial charge in [-0.05, 0) is 32.4 Å². The second-order valence-corrected chi connectivity index (χ2v) is 6.24. The zero-order valence-corrected chi connectivity index (χ0v) is 12.3. The molecule has 106 valence electrons. The Morgan fingerprint density at radius 3 is 2.15 bits per heavy atom. The molecular weight excluding hydrogens is 277 g/mol. The van der Waals surface area contributed by atoms with Crippen molar-refractivity contribution >= 4 is 7.60 Å². The maximum Gasteiger partial charge on any atom is 0.526 e. The molecule has 0 radical (unpaired) electrons. The molecule has 0 amide bonds. The Labute approximate surface area is 118 Å². The van der Waals surface area contributed by atoms with Gasteiger partial charge in [-0.2, -0.15) is 9.69 Å². The fraction of sp³-hybridized carbons (Fsp3) is 0.385. The average molecular weight is 293 g/mol. The van der Waals surface area contributed by atoms with Crippen LogP contribution in [0.25, 0.3) is 9.69 Å². The lowest BCUT2D eigenvalue weighted by Crippen LogP contribution is -2.24. The van der Waals surface area contributed by atoms with E-state index in [0.717, 1.165) is 11.4 Å². The molecule has 0 aliphatic carbocycles. The highest BCUT2D eigenvalue weighted by Gasteiger charge is 2.20. The van der Waals surface area contributed by atoms with Gasteiger partial charge in [-0.15, -0.1) is 0 Å². The van der Waals surface area contributed by atoms with E-state index in [-0.39, 0.29) is 12.0 Å². The Morgan fingerprint density at radius 2 is 1.75 bits per heavy atom. The van der Waals surface area contributed by atoms with Crippen molar-refractivity contribution < 1.29 is 14.4 Å². The van der Waals surface area contributed by atoms with Gasteiger partial charge in [0.1, 0.15) is 13.1 Å². The van der Waals surface area contributed by atoms with Crippen molar-refractivity contribution in [3.05, 3.63) is 57.8 Å². The second kappa shape index (κ2) is 6.54. The molecule has 7 heteroatoms. The third-order valence-corrected chi connectivity index (χ3v) is 3.78. The Kier molecular flexibility index (Phi) is 5.30. The summed E-state index contributed by atoms with van der Waals surface area (Å²) in [5.41, 5.74) is 2.29. The summed E-state index contributed by atoms with van der Waals surface area (Å²) < 4.78 is 10.8. The zero-order chi connectivity index (χ0) is 15.3. The molecule has 1 aliphatic heterocycles. The summed E-state index contributed by atoms with van der Waals surface area (Å²) in [6.07, 6.45) is 3.71. The van der Waals surface area contributed by atoms with Crippen molar-refractivity contribution in [3.63, 3.8) is 0 Å². The van der Waals surface area contributed by atoms with E-state index in [4.69, 9.17) is 22.9 Å². The highest BCUT2D eigenvalue weighted by Crippen LogP contribution is 2.35. The number of hydrogen-bond donors (Lipinski definition) is 2. The highest BCUT2D eigenvalue weighted by molar-refractivity contribution is 7.51. The van der Waals surface area contributed by atoms with Gasteiger partial charge < -0.3 is 14.7 Å². The highest BCUT2D eigenvalue weighted by atomic mass is 31.2. The first-order valence-corrected chi connectivity index (χ1v) is 7.76. The van der Waals surface area contributed by atoms with Crippen LogP contribution in [0.15, 0.2) is 34.9 Å². The molecule has 0 aromatic carbocycles. The maximum absolute atomic E-state index is 10.8. The van der Waals surface area contributed by atoms with Crippen LogP contribution >= 0.6 is 7.60 Å². The van der Waals surface area contributed by atoms with Crippen LogP contribution in [0.3, 0.4) is 0 Å². The molecule has 0 saturated heterocycles. The monoisotopic (exact) mass is 293 g/mol. The van der Waals surface area contributed by atoms with Gasteiger partial charge in [0.2, 0.25) is 0 Å². The zero-order valence-electron chi connectivity index (χ0n) is 11.4. The minimum atomic E-state index is -3.96. The van der Waals surface area contributed by atoms with Crippen LogP contribution in [0.4, 0.5) is 0 Å². The molecule has 6 nitrogen and oxygen atoms in total. The van der Waals surface area contributed by atoms with Crippen LogP contribution in [0.1, 0.15) is 20.3 Å². The van der Waals surface area contributed by atoms with E-state index in [1.54, 1.807) is 12.2 Å². The van der Waals surface area contributed by atoms with Gasteiger partial charge in [-0.1, -0.05) is 0 Å². The van der Waals surface area contributed by atoms with E-state index in [9.17, 15) is 4.57 Å². The second-order valence-electron chi connectivity index (χ2n) is 4.47. The average Bonchev–Trinajstić information content (AvgIpc) is 2.33. The molecule has 1 rings (SSSR count). The summed E-state index contributed by atoms with van der Waals surface area (Å²) in [4.78, 5) is 26.0. The van der Waals surface area contributed by atoms with E-state index in [0.29, 0.717) is 18.5 Å². The molecule has 20 heavy (non-hydrogen) atoms. The summed E-state index contributed by atoms with van der Waals surface area (Å²) >= 11 is 0. The largest absolute Gasteiger partial charge is 0.526 e. The number of rotatable bonds is 4. The first-order chi connectivity index (χ1) is 9.28. The van der Waals surface area contributed by atoms with Crippen molar-refractivity contribution in [2.45, 2.75) is 20.3 Å². The van der Waals surface area contributed by atoms with Crippen molar-refractivity contribution in [2.24, 2.45) is 0 Å². The normalized spacial score (nSPS) is 15.1. The van der Waals surface area contributed by atoms with Gasteiger partial charge in [0.05, 0.1) is 11.7 Å². The van der Waals surface area contributed by atoms with Crippen molar-refractivity contribution in [1.82, 2.24) is 4.90 Å². The van der Waals surface area contributed by atoms with E-state index >= 15 is 0 Å². The summed E-state index contributed by atoms with van der Waals surface area (Å²) in [5.74, 6) is 0.0265. The Balaban J connectivity index is 2.86. The lowest BCUT2D eigenvalue weighted by atomic mass is 10.1. The Morgan fingerprint density at radius 1 is 1.25 bits per heavy atom. The minimum Gasteiger partial charge on any atom is -0.349 e. The molecule has 0 fully saturated rings. The predicted octanol–water partition coefficient (Wildman–Crippen LogP) is 2.73. The molecule has 0 spiro atoms. The van der Waals surface area contributed by atoms with Crippen molar-refractivity contribution in [3.8, 4) is 0 Å². The molecule has 0 unspecified atom stereocenters. The fourth-order valence-corrected chi connectivity index (χ4v) is 2.55. The first-order valence-electron chi connectivity index (χ1n) is 5.96. The quantitative estimate of drug-likeness (QED) is 0.617. The SMILES string of the molecule is [C-]#[N+]C([N+]#[C-])=C1C=C(C)N(CCCP(=O)(O)O)C(C)=C1. The Bertz CT molecular complexity index is 576. The molecule has 0 aromatic heterocycles. The third-order valence-electron chi connectivity index (χ3n) is 2.88. The molecular formula is C13H16N3O3P. The summed E-state index contributed by atoms with van der Waals surface area (Å²) in [5, 5.41) is 0. The van der Waals surface area contributed by atoms with Gasteiger partial charge in [0.15, 0.2) is 0 Å². The molecule has 0 aromatic rings. The van der Waals surface area contributed by atoms with E-state index in [1.807, 2.05) is 18.7 Å². The van der Waals surface area contributed by atoms with Gasteiger partial charge in [0, 0.05) is 17.9 Å². The minimum absolute atomic E-state index is 0.0265. The van der Waals surface area contributed by atoms with Gasteiger partial charge in [-0.25, -0.2) is 0 Å². The summed E-state index contributed by atoms with van der Waals surface area (Å²) in [6, 6.07) is 0. The predicted molar refractivity (Wildman–Crippen MR) is 76.0 cm³/mol. The molecule has 0 saturated carbocycles. The smallest absolute Gasteiger partial charge is 0.349 e. The molecule has 0 bridgehead atoms. The standard InChI is InChI=1S/C13H16N3O3P/c1-10-8-12(13(14-3)15-4)9-11(2)16(10)6-5-7-20(17,18)19/h8-9H,5-7H2,1-2H3,(H2,17,18,19). The summed E-state index contributed by atoms with van der Waals surface area (Å²) in [6.45, 7) is 18.1. The van der Waals surface area contributed by atoms with Crippen molar-refractivity contribution in [1.29, 1.82) is 0 Å². The Hall–Kier alpha value is -1.85. The molecule has 2 N–H and O–H groups in total. The lowest BCUT2D eigenvalue weighted by molar-refractivity contribution is 0.363. The third kappa shape index (κ3) is 4.36. The topological polar surface area (TPSA) is 69.5 Å². The van der Waals surface area contributed by atoms with Gasteiger partial charge in [-0.3, -0.25) is 4.57 Å². The lowest BCUT2D eigenvalue weighted by Gasteiger charge is -2.29. The number of allylic oxidation sites excluding steroid dienone is 5. The van der Waals surface area contributed by atoms with Crippen LogP contribution < -0.4 is 0 Å². The maximum atomic E-state index is 10.8. The number of nitrogens with zero attached hydrogens (tertiary/aromatic N) is 3. The molecule has 1 aliphatic rings. The van der Waals surface area contributed by atoms with E-state index in [1.165, 1.54) is 0 Å². The van der Waals surface area contributed by atoms with Crippen molar-refractivity contribution in [2.75, 3.05) is 12.7 Å². The van der Waals surface area contributed by atoms with Gasteiger partial charge in [0.25, 0.3) is 0 Å². The fourth-order valence-electron chi connectivity index (χ4n) is 2.00. The van der Waals surface area contributed by atoms with E-state index < -0.39 is 7.60 Å². The van der Waals surface area contributed by atoms with Crippen LogP contribution in [-0.2, 0) is 4.57 Å².